The smallest absolute Gasteiger partial charge is 0.246 e. The molecule has 9 heteroatoms. The van der Waals surface area contributed by atoms with Crippen molar-refractivity contribution < 1.29 is 13.8 Å². The van der Waals surface area contributed by atoms with Crippen LogP contribution in [-0.4, -0.2) is 31.0 Å². The Balaban J connectivity index is 1.51. The summed E-state index contributed by atoms with van der Waals surface area (Å²) >= 11 is 0. The van der Waals surface area contributed by atoms with Crippen LogP contribution in [0.1, 0.15) is 36.3 Å². The number of hydrogen-bond donors (Lipinski definition) is 1. The molecule has 3 aromatic heterocycles. The first-order chi connectivity index (χ1) is 12.1. The van der Waals surface area contributed by atoms with Gasteiger partial charge in [-0.05, 0) is 27.2 Å². The zero-order chi connectivity index (χ0) is 17.8. The number of rotatable bonds is 7. The average Bonchev–Trinajstić information content (AvgIpc) is 3.32. The molecule has 0 aliphatic carbocycles. The lowest BCUT2D eigenvalue weighted by Crippen LogP contribution is -2.23. The Morgan fingerprint density at radius 1 is 1.28 bits per heavy atom. The van der Waals surface area contributed by atoms with Gasteiger partial charge in [-0.15, -0.1) is 0 Å². The molecule has 3 aromatic rings. The van der Waals surface area contributed by atoms with Crippen molar-refractivity contribution in [2.24, 2.45) is 0 Å². The van der Waals surface area contributed by atoms with Crippen LogP contribution in [0.25, 0.3) is 11.4 Å². The van der Waals surface area contributed by atoms with Crippen LogP contribution in [0.15, 0.2) is 21.4 Å². The fourth-order valence-corrected chi connectivity index (χ4v) is 2.46. The van der Waals surface area contributed by atoms with E-state index in [4.69, 9.17) is 9.05 Å². The zero-order valence-corrected chi connectivity index (χ0v) is 14.4. The van der Waals surface area contributed by atoms with E-state index in [2.05, 4.69) is 25.7 Å². The van der Waals surface area contributed by atoms with Crippen molar-refractivity contribution >= 4 is 5.91 Å². The topological polar surface area (TPSA) is 112 Å². The summed E-state index contributed by atoms with van der Waals surface area (Å²) in [5.41, 5.74) is 2.57. The quantitative estimate of drug-likeness (QED) is 0.695. The van der Waals surface area contributed by atoms with E-state index in [1.807, 2.05) is 27.0 Å². The first-order valence-corrected chi connectivity index (χ1v) is 8.10. The molecule has 0 spiro atoms. The van der Waals surface area contributed by atoms with Crippen LogP contribution in [0.4, 0.5) is 0 Å². The number of amides is 1. The molecule has 9 nitrogen and oxygen atoms in total. The minimum Gasteiger partial charge on any atom is -0.361 e. The van der Waals surface area contributed by atoms with E-state index in [1.54, 1.807) is 10.9 Å². The van der Waals surface area contributed by atoms with Gasteiger partial charge >= 0.3 is 0 Å². The van der Waals surface area contributed by atoms with Crippen LogP contribution in [0.3, 0.4) is 0 Å². The van der Waals surface area contributed by atoms with Crippen molar-refractivity contribution in [2.75, 3.05) is 0 Å². The molecule has 0 aliphatic heterocycles. The summed E-state index contributed by atoms with van der Waals surface area (Å²) in [4.78, 5) is 16.3. The van der Waals surface area contributed by atoms with Crippen LogP contribution >= 0.6 is 0 Å². The molecular weight excluding hydrogens is 324 g/mol. The van der Waals surface area contributed by atoms with Gasteiger partial charge in [-0.25, -0.2) is 0 Å². The molecular formula is C16H20N6O3. The molecule has 0 atom stereocenters. The second-order valence-corrected chi connectivity index (χ2v) is 5.68. The largest absolute Gasteiger partial charge is 0.361 e. The van der Waals surface area contributed by atoms with Crippen molar-refractivity contribution in [3.05, 3.63) is 35.3 Å². The van der Waals surface area contributed by atoms with Gasteiger partial charge in [-0.1, -0.05) is 10.3 Å². The minimum absolute atomic E-state index is 0.0986. The summed E-state index contributed by atoms with van der Waals surface area (Å²) in [5.74, 6) is 1.46. The number of aryl methyl sites for hydroxylation is 3. The Kier molecular flexibility index (Phi) is 4.92. The van der Waals surface area contributed by atoms with Crippen molar-refractivity contribution in [3.63, 3.8) is 0 Å². The summed E-state index contributed by atoms with van der Waals surface area (Å²) in [6.45, 7) is 6.66. The van der Waals surface area contributed by atoms with Crippen molar-refractivity contribution in [2.45, 2.75) is 46.7 Å². The molecule has 0 unspecified atom stereocenters. The monoisotopic (exact) mass is 344 g/mol. The van der Waals surface area contributed by atoms with Crippen LogP contribution in [0, 0.1) is 13.8 Å². The SMILES string of the molecule is CCn1cc(-c2noc(CNC(=O)CCc3c(C)noc3C)n2)cn1. The van der Waals surface area contributed by atoms with Gasteiger partial charge in [0.2, 0.25) is 17.6 Å². The molecule has 0 bridgehead atoms. The molecule has 0 saturated heterocycles. The van der Waals surface area contributed by atoms with Gasteiger partial charge in [0.25, 0.3) is 0 Å². The fourth-order valence-electron chi connectivity index (χ4n) is 2.46. The lowest BCUT2D eigenvalue weighted by atomic mass is 10.1. The fraction of sp³-hybridized carbons (Fsp3) is 0.438. The second kappa shape index (κ2) is 7.29. The number of nitrogens with one attached hydrogen (secondary N) is 1. The first kappa shape index (κ1) is 16.9. The summed E-state index contributed by atoms with van der Waals surface area (Å²) in [7, 11) is 0. The van der Waals surface area contributed by atoms with E-state index >= 15 is 0 Å². The van der Waals surface area contributed by atoms with Gasteiger partial charge in [0.05, 0.1) is 24.0 Å². The highest BCUT2D eigenvalue weighted by molar-refractivity contribution is 5.76. The standard InChI is InChI=1S/C16H20N6O3/c1-4-22-9-12(7-18-22)16-19-15(25-21-16)8-17-14(23)6-5-13-10(2)20-24-11(13)3/h7,9H,4-6,8H2,1-3H3,(H,17,23). The van der Waals surface area contributed by atoms with E-state index in [-0.39, 0.29) is 12.5 Å². The third-order valence-corrected chi connectivity index (χ3v) is 3.90. The number of aromatic nitrogens is 5. The summed E-state index contributed by atoms with van der Waals surface area (Å²) in [6.07, 6.45) is 4.45. The van der Waals surface area contributed by atoms with Crippen LogP contribution in [-0.2, 0) is 24.3 Å². The highest BCUT2D eigenvalue weighted by atomic mass is 16.5. The van der Waals surface area contributed by atoms with Crippen LogP contribution in [0.2, 0.25) is 0 Å². The van der Waals surface area contributed by atoms with Crippen molar-refractivity contribution in [3.8, 4) is 11.4 Å². The lowest BCUT2D eigenvalue weighted by molar-refractivity contribution is -0.121. The third-order valence-electron chi connectivity index (χ3n) is 3.90. The number of hydrogen-bond acceptors (Lipinski definition) is 7. The van der Waals surface area contributed by atoms with Gasteiger partial charge in [0.1, 0.15) is 5.76 Å². The molecule has 3 heterocycles. The van der Waals surface area contributed by atoms with E-state index in [1.165, 1.54) is 0 Å². The Hall–Kier alpha value is -2.97. The van der Waals surface area contributed by atoms with Gasteiger partial charge in [-0.3, -0.25) is 9.48 Å². The Morgan fingerprint density at radius 2 is 2.12 bits per heavy atom. The first-order valence-electron chi connectivity index (χ1n) is 8.10. The average molecular weight is 344 g/mol. The highest BCUT2D eigenvalue weighted by Crippen LogP contribution is 2.15. The number of nitrogens with zero attached hydrogens (tertiary/aromatic N) is 5. The van der Waals surface area contributed by atoms with Crippen molar-refractivity contribution in [1.29, 1.82) is 0 Å². The summed E-state index contributed by atoms with van der Waals surface area (Å²) < 4.78 is 12.0. The number of carbonyl (C=O) groups is 1. The molecule has 1 N–H and O–H groups in total. The second-order valence-electron chi connectivity index (χ2n) is 5.68. The Labute approximate surface area is 144 Å². The zero-order valence-electron chi connectivity index (χ0n) is 14.4. The molecule has 0 radical (unpaired) electrons. The molecule has 3 rings (SSSR count). The van der Waals surface area contributed by atoms with E-state index in [9.17, 15) is 4.79 Å². The van der Waals surface area contributed by atoms with Gasteiger partial charge in [0.15, 0.2) is 0 Å². The lowest BCUT2D eigenvalue weighted by Gasteiger charge is -2.02. The van der Waals surface area contributed by atoms with E-state index < -0.39 is 0 Å². The predicted octanol–water partition coefficient (Wildman–Crippen LogP) is 1.81. The third kappa shape index (κ3) is 3.93. The van der Waals surface area contributed by atoms with E-state index in [0.29, 0.717) is 24.6 Å². The summed E-state index contributed by atoms with van der Waals surface area (Å²) in [6, 6.07) is 0. The molecule has 0 aliphatic rings. The summed E-state index contributed by atoms with van der Waals surface area (Å²) in [5, 5.41) is 14.7. The van der Waals surface area contributed by atoms with E-state index in [0.717, 1.165) is 29.1 Å². The van der Waals surface area contributed by atoms with Gasteiger partial charge < -0.3 is 14.4 Å². The minimum atomic E-state index is -0.0986. The maximum absolute atomic E-state index is 12.0. The molecule has 25 heavy (non-hydrogen) atoms. The van der Waals surface area contributed by atoms with Crippen LogP contribution < -0.4 is 5.32 Å². The predicted molar refractivity (Wildman–Crippen MR) is 87.3 cm³/mol. The van der Waals surface area contributed by atoms with Crippen molar-refractivity contribution in [1.82, 2.24) is 30.4 Å². The molecule has 132 valence electrons. The highest BCUT2D eigenvalue weighted by Gasteiger charge is 2.13. The Bertz CT molecular complexity index is 843. The molecule has 0 saturated carbocycles. The number of carbonyl (C=O) groups excluding carboxylic acids is 1. The van der Waals surface area contributed by atoms with Gasteiger partial charge in [-0.2, -0.15) is 10.1 Å². The maximum Gasteiger partial charge on any atom is 0.246 e. The molecule has 0 fully saturated rings. The maximum atomic E-state index is 12.0. The Morgan fingerprint density at radius 3 is 2.80 bits per heavy atom. The normalized spacial score (nSPS) is 11.0. The molecule has 1 amide bonds. The van der Waals surface area contributed by atoms with Crippen LogP contribution in [0.5, 0.6) is 0 Å². The van der Waals surface area contributed by atoms with Gasteiger partial charge in [0, 0.05) is 24.7 Å². The molecule has 0 aromatic carbocycles.